The summed E-state index contributed by atoms with van der Waals surface area (Å²) in [6.07, 6.45) is 4.88. The Morgan fingerprint density at radius 1 is 1.00 bits per heavy atom. The molecule has 0 aliphatic carbocycles. The minimum absolute atomic E-state index is 0.228. The third kappa shape index (κ3) is 6.48. The highest BCUT2D eigenvalue weighted by atomic mass is 35.5. The van der Waals surface area contributed by atoms with E-state index in [9.17, 15) is 4.79 Å². The Bertz CT molecular complexity index is 770. The number of carbonyl (C=O) groups excluding carboxylic acids is 1. The van der Waals surface area contributed by atoms with Crippen LogP contribution in [0.1, 0.15) is 17.5 Å². The maximum absolute atomic E-state index is 12.4. The molecule has 2 aromatic rings. The molecule has 5 heteroatoms. The van der Waals surface area contributed by atoms with Crippen molar-refractivity contribution in [2.75, 3.05) is 39.3 Å². The molecule has 0 bridgehead atoms. The van der Waals surface area contributed by atoms with Crippen LogP contribution in [0.3, 0.4) is 0 Å². The van der Waals surface area contributed by atoms with Crippen molar-refractivity contribution in [1.29, 1.82) is 0 Å². The van der Waals surface area contributed by atoms with Gasteiger partial charge in [0, 0.05) is 57.3 Å². The summed E-state index contributed by atoms with van der Waals surface area (Å²) < 4.78 is 0. The number of benzene rings is 2. The highest BCUT2D eigenvalue weighted by molar-refractivity contribution is 6.31. The smallest absolute Gasteiger partial charge is 0.223 e. The molecule has 0 atom stereocenters. The van der Waals surface area contributed by atoms with Gasteiger partial charge < -0.3 is 10.2 Å². The lowest BCUT2D eigenvalue weighted by molar-refractivity contribution is -0.132. The molecule has 1 fully saturated rings. The van der Waals surface area contributed by atoms with E-state index in [1.54, 1.807) is 0 Å². The minimum Gasteiger partial charge on any atom is -0.340 e. The zero-order chi connectivity index (χ0) is 19.6. The lowest BCUT2D eigenvalue weighted by Crippen LogP contribution is -2.49. The summed E-state index contributed by atoms with van der Waals surface area (Å²) in [6, 6.07) is 18.1. The van der Waals surface area contributed by atoms with Gasteiger partial charge in [-0.05, 0) is 17.2 Å². The van der Waals surface area contributed by atoms with Gasteiger partial charge in [0.15, 0.2) is 0 Å². The standard InChI is InChI=1S/C23H28ClN3O/c24-22-11-5-4-10-21(22)19-25-13-12-23(28)27-17-15-26(16-18-27)14-6-9-20-7-2-1-3-8-20/h1-11,25H,12-19H2/b9-6+. The van der Waals surface area contributed by atoms with Crippen molar-refractivity contribution in [3.8, 4) is 0 Å². The lowest BCUT2D eigenvalue weighted by Gasteiger charge is -2.34. The molecule has 1 amide bonds. The van der Waals surface area contributed by atoms with Crippen molar-refractivity contribution in [3.63, 3.8) is 0 Å². The molecule has 1 heterocycles. The number of halogens is 1. The fourth-order valence-electron chi connectivity index (χ4n) is 3.30. The molecular weight excluding hydrogens is 370 g/mol. The molecular formula is C23H28ClN3O. The summed E-state index contributed by atoms with van der Waals surface area (Å²) in [5, 5.41) is 4.08. The summed E-state index contributed by atoms with van der Waals surface area (Å²) in [7, 11) is 0. The Morgan fingerprint density at radius 2 is 1.71 bits per heavy atom. The van der Waals surface area contributed by atoms with Gasteiger partial charge >= 0.3 is 0 Å². The van der Waals surface area contributed by atoms with Crippen LogP contribution in [0.2, 0.25) is 5.02 Å². The molecule has 0 saturated carbocycles. The van der Waals surface area contributed by atoms with Crippen LogP contribution >= 0.6 is 11.6 Å². The van der Waals surface area contributed by atoms with E-state index in [1.165, 1.54) is 5.56 Å². The molecule has 0 radical (unpaired) electrons. The van der Waals surface area contributed by atoms with Crippen LogP contribution in [0.15, 0.2) is 60.7 Å². The van der Waals surface area contributed by atoms with Gasteiger partial charge in [-0.1, -0.05) is 72.3 Å². The van der Waals surface area contributed by atoms with Crippen LogP contribution < -0.4 is 5.32 Å². The first-order valence-corrected chi connectivity index (χ1v) is 10.3. The van der Waals surface area contributed by atoms with Crippen molar-refractivity contribution in [3.05, 3.63) is 76.8 Å². The fraction of sp³-hybridized carbons (Fsp3) is 0.348. The largest absolute Gasteiger partial charge is 0.340 e. The van der Waals surface area contributed by atoms with Gasteiger partial charge in [0.1, 0.15) is 0 Å². The Morgan fingerprint density at radius 3 is 2.46 bits per heavy atom. The molecule has 148 valence electrons. The SMILES string of the molecule is O=C(CCNCc1ccccc1Cl)N1CCN(C/C=C/c2ccccc2)CC1. The highest BCUT2D eigenvalue weighted by Gasteiger charge is 2.19. The number of rotatable bonds is 8. The van der Waals surface area contributed by atoms with E-state index in [4.69, 9.17) is 11.6 Å². The second-order valence-corrected chi connectivity index (χ2v) is 7.42. The van der Waals surface area contributed by atoms with E-state index in [0.29, 0.717) is 19.5 Å². The Labute approximate surface area is 172 Å². The van der Waals surface area contributed by atoms with Gasteiger partial charge in [0.05, 0.1) is 0 Å². The van der Waals surface area contributed by atoms with E-state index >= 15 is 0 Å². The van der Waals surface area contributed by atoms with Crippen molar-refractivity contribution in [2.24, 2.45) is 0 Å². The first-order valence-electron chi connectivity index (χ1n) is 9.88. The van der Waals surface area contributed by atoms with Gasteiger partial charge in [-0.15, -0.1) is 0 Å². The van der Waals surface area contributed by atoms with Gasteiger partial charge in [0.2, 0.25) is 5.91 Å². The molecule has 0 aromatic heterocycles. The van der Waals surface area contributed by atoms with Crippen LogP contribution in [-0.2, 0) is 11.3 Å². The first kappa shape index (κ1) is 20.6. The fourth-order valence-corrected chi connectivity index (χ4v) is 3.50. The summed E-state index contributed by atoms with van der Waals surface area (Å²) in [5.41, 5.74) is 2.29. The van der Waals surface area contributed by atoms with E-state index in [2.05, 4.69) is 34.5 Å². The van der Waals surface area contributed by atoms with Crippen LogP contribution in [0.25, 0.3) is 6.08 Å². The predicted molar refractivity (Wildman–Crippen MR) is 116 cm³/mol. The van der Waals surface area contributed by atoms with Gasteiger partial charge in [0.25, 0.3) is 0 Å². The van der Waals surface area contributed by atoms with Crippen molar-refractivity contribution >= 4 is 23.6 Å². The number of hydrogen-bond acceptors (Lipinski definition) is 3. The van der Waals surface area contributed by atoms with Gasteiger partial charge in [-0.3, -0.25) is 9.69 Å². The molecule has 28 heavy (non-hydrogen) atoms. The Balaban J connectivity index is 1.31. The molecule has 2 aromatic carbocycles. The number of hydrogen-bond donors (Lipinski definition) is 1. The van der Waals surface area contributed by atoms with Crippen molar-refractivity contribution in [2.45, 2.75) is 13.0 Å². The third-order valence-electron chi connectivity index (χ3n) is 4.99. The number of amides is 1. The number of piperazine rings is 1. The zero-order valence-corrected chi connectivity index (χ0v) is 16.9. The molecule has 3 rings (SSSR count). The summed E-state index contributed by atoms with van der Waals surface area (Å²) in [4.78, 5) is 16.8. The predicted octanol–water partition coefficient (Wildman–Crippen LogP) is 3.68. The third-order valence-corrected chi connectivity index (χ3v) is 5.36. The average Bonchev–Trinajstić information content (AvgIpc) is 2.73. The molecule has 4 nitrogen and oxygen atoms in total. The van der Waals surface area contributed by atoms with E-state index in [-0.39, 0.29) is 5.91 Å². The van der Waals surface area contributed by atoms with Crippen molar-refractivity contribution < 1.29 is 4.79 Å². The van der Waals surface area contributed by atoms with Crippen molar-refractivity contribution in [1.82, 2.24) is 15.1 Å². The quantitative estimate of drug-likeness (QED) is 0.690. The molecule has 1 N–H and O–H groups in total. The molecule has 0 spiro atoms. The van der Waals surface area contributed by atoms with Gasteiger partial charge in [-0.2, -0.15) is 0 Å². The zero-order valence-electron chi connectivity index (χ0n) is 16.2. The maximum Gasteiger partial charge on any atom is 0.223 e. The molecule has 1 aliphatic rings. The van der Waals surface area contributed by atoms with Gasteiger partial charge in [-0.25, -0.2) is 0 Å². The first-order chi connectivity index (χ1) is 13.7. The monoisotopic (exact) mass is 397 g/mol. The number of nitrogens with zero attached hydrogens (tertiary/aromatic N) is 2. The normalized spacial score (nSPS) is 15.2. The molecule has 1 saturated heterocycles. The topological polar surface area (TPSA) is 35.6 Å². The summed E-state index contributed by atoms with van der Waals surface area (Å²) in [6.45, 7) is 5.76. The van der Waals surface area contributed by atoms with Crippen LogP contribution in [0.4, 0.5) is 0 Å². The van der Waals surface area contributed by atoms with Crippen LogP contribution in [0, 0.1) is 0 Å². The second kappa shape index (κ2) is 11.0. The van der Waals surface area contributed by atoms with E-state index in [0.717, 1.165) is 43.3 Å². The lowest BCUT2D eigenvalue weighted by atomic mass is 10.2. The van der Waals surface area contributed by atoms with E-state index < -0.39 is 0 Å². The molecule has 0 unspecified atom stereocenters. The number of nitrogens with one attached hydrogen (secondary N) is 1. The minimum atomic E-state index is 0.228. The van der Waals surface area contributed by atoms with Crippen LogP contribution in [0.5, 0.6) is 0 Å². The molecule has 1 aliphatic heterocycles. The maximum atomic E-state index is 12.4. The Hall–Kier alpha value is -2.14. The highest BCUT2D eigenvalue weighted by Crippen LogP contribution is 2.14. The van der Waals surface area contributed by atoms with Crippen LogP contribution in [-0.4, -0.2) is 55.0 Å². The number of carbonyl (C=O) groups is 1. The second-order valence-electron chi connectivity index (χ2n) is 7.01. The summed E-state index contributed by atoms with van der Waals surface area (Å²) in [5.74, 6) is 0.228. The van der Waals surface area contributed by atoms with E-state index in [1.807, 2.05) is 47.4 Å². The summed E-state index contributed by atoms with van der Waals surface area (Å²) >= 11 is 6.15. The average molecular weight is 398 g/mol. The Kier molecular flexibility index (Phi) is 8.09.